The first-order valence-corrected chi connectivity index (χ1v) is 3.47. The Hall–Kier alpha value is 0.240. The minimum atomic E-state index is 1.03. The van der Waals surface area contributed by atoms with Crippen LogP contribution in [0.25, 0.3) is 0 Å². The number of thiol groups is 1. The van der Waals surface area contributed by atoms with Gasteiger partial charge in [-0.25, -0.2) is 0 Å². The molecule has 0 bridgehead atoms. The van der Waals surface area contributed by atoms with E-state index in [-0.39, 0.29) is 0 Å². The van der Waals surface area contributed by atoms with Crippen molar-refractivity contribution >= 4 is 24.6 Å². The van der Waals surface area contributed by atoms with Crippen molar-refractivity contribution in [2.75, 3.05) is 12.3 Å². The maximum absolute atomic E-state index is 4.10. The van der Waals surface area contributed by atoms with Crippen LogP contribution in [0, 0.1) is 0 Å². The highest BCUT2D eigenvalue weighted by Crippen LogP contribution is 2.26. The molecule has 0 aromatic heterocycles. The third kappa shape index (κ3) is 1.07. The summed E-state index contributed by atoms with van der Waals surface area (Å²) in [5.41, 5.74) is 0. The summed E-state index contributed by atoms with van der Waals surface area (Å²) in [6.07, 6.45) is 0. The van der Waals surface area contributed by atoms with E-state index in [1.54, 1.807) is 11.8 Å². The van der Waals surface area contributed by atoms with Crippen molar-refractivity contribution in [2.24, 2.45) is 0 Å². The summed E-state index contributed by atoms with van der Waals surface area (Å²) < 4.78 is 1.87. The molecule has 0 spiro atoms. The molecule has 1 nitrogen and oxygen atoms in total. The van der Waals surface area contributed by atoms with Crippen LogP contribution in [0.15, 0.2) is 11.6 Å². The van der Waals surface area contributed by atoms with Gasteiger partial charge in [-0.1, -0.05) is 19.4 Å². The van der Waals surface area contributed by atoms with E-state index in [2.05, 4.69) is 19.4 Å². The van der Waals surface area contributed by atoms with Gasteiger partial charge in [0, 0.05) is 12.3 Å². The van der Waals surface area contributed by atoms with Crippen molar-refractivity contribution < 1.29 is 0 Å². The number of nitrogens with zero attached hydrogens (tertiary/aromatic N) is 1. The van der Waals surface area contributed by atoms with E-state index >= 15 is 0 Å². The van der Waals surface area contributed by atoms with Crippen LogP contribution < -0.4 is 0 Å². The first kappa shape index (κ1) is 5.38. The lowest BCUT2D eigenvalue weighted by Crippen LogP contribution is -2.01. The first-order valence-electron chi connectivity index (χ1n) is 2.09. The molecule has 0 amide bonds. The molecule has 0 saturated carbocycles. The molecule has 7 heavy (non-hydrogen) atoms. The Morgan fingerprint density at radius 3 is 2.71 bits per heavy atom. The Kier molecular flexibility index (Phi) is 1.54. The molecule has 1 aliphatic rings. The van der Waals surface area contributed by atoms with Crippen LogP contribution in [0.4, 0.5) is 0 Å². The lowest BCUT2D eigenvalue weighted by atomic mass is 10.7. The van der Waals surface area contributed by atoms with Crippen LogP contribution in [-0.2, 0) is 0 Å². The first-order chi connectivity index (χ1) is 3.30. The molecular weight excluding hydrogens is 126 g/mol. The lowest BCUT2D eigenvalue weighted by molar-refractivity contribution is 0.686. The predicted molar refractivity (Wildman–Crippen MR) is 37.3 cm³/mol. The van der Waals surface area contributed by atoms with Gasteiger partial charge in [0.1, 0.15) is 0 Å². The van der Waals surface area contributed by atoms with Gasteiger partial charge >= 0.3 is 0 Å². The Bertz CT molecular complexity index is 91.7. The summed E-state index contributed by atoms with van der Waals surface area (Å²) >= 11 is 5.86. The summed E-state index contributed by atoms with van der Waals surface area (Å²) in [5, 5.41) is 1.07. The second kappa shape index (κ2) is 2.01. The summed E-state index contributed by atoms with van der Waals surface area (Å²) in [5.74, 6) is 1.14. The van der Waals surface area contributed by atoms with Gasteiger partial charge in [-0.15, -0.1) is 11.8 Å². The molecule has 40 valence electrons. The maximum atomic E-state index is 4.10. The molecule has 0 aliphatic carbocycles. The third-order valence-electron chi connectivity index (χ3n) is 0.860. The largest absolute Gasteiger partial charge is 0.313 e. The van der Waals surface area contributed by atoms with Gasteiger partial charge in [-0.3, -0.25) is 0 Å². The van der Waals surface area contributed by atoms with E-state index in [1.165, 1.54) is 0 Å². The van der Waals surface area contributed by atoms with Crippen molar-refractivity contribution in [3.63, 3.8) is 0 Å². The van der Waals surface area contributed by atoms with Crippen molar-refractivity contribution in [1.29, 1.82) is 0 Å². The SMILES string of the molecule is C=C1SCCN1S. The van der Waals surface area contributed by atoms with E-state index in [0.717, 1.165) is 17.3 Å². The van der Waals surface area contributed by atoms with Crippen LogP contribution >= 0.6 is 24.6 Å². The second-order valence-corrected chi connectivity index (χ2v) is 3.02. The van der Waals surface area contributed by atoms with E-state index in [0.29, 0.717) is 0 Å². The molecular formula is C4H7NS2. The van der Waals surface area contributed by atoms with Gasteiger partial charge < -0.3 is 4.31 Å². The molecule has 1 rings (SSSR count). The fraction of sp³-hybridized carbons (Fsp3) is 0.500. The topological polar surface area (TPSA) is 3.24 Å². The van der Waals surface area contributed by atoms with Gasteiger partial charge in [-0.2, -0.15) is 0 Å². The molecule has 1 heterocycles. The molecule has 0 atom stereocenters. The Morgan fingerprint density at radius 2 is 2.57 bits per heavy atom. The van der Waals surface area contributed by atoms with Crippen LogP contribution in [0.3, 0.4) is 0 Å². The highest BCUT2D eigenvalue weighted by molar-refractivity contribution is 8.03. The van der Waals surface area contributed by atoms with E-state index in [4.69, 9.17) is 0 Å². The number of rotatable bonds is 0. The zero-order valence-corrected chi connectivity index (χ0v) is 5.63. The van der Waals surface area contributed by atoms with E-state index < -0.39 is 0 Å². The summed E-state index contributed by atoms with van der Waals surface area (Å²) in [6.45, 7) is 4.78. The fourth-order valence-corrected chi connectivity index (χ4v) is 1.61. The fourth-order valence-electron chi connectivity index (χ4n) is 0.449. The summed E-state index contributed by atoms with van der Waals surface area (Å²) in [7, 11) is 0. The second-order valence-electron chi connectivity index (χ2n) is 1.37. The lowest BCUT2D eigenvalue weighted by Gasteiger charge is -2.05. The van der Waals surface area contributed by atoms with Crippen molar-refractivity contribution in [3.8, 4) is 0 Å². The molecule has 1 fully saturated rings. The van der Waals surface area contributed by atoms with Crippen LogP contribution in [0.1, 0.15) is 0 Å². The highest BCUT2D eigenvalue weighted by atomic mass is 32.2. The van der Waals surface area contributed by atoms with Gasteiger partial charge in [0.15, 0.2) is 0 Å². The molecule has 1 saturated heterocycles. The van der Waals surface area contributed by atoms with E-state index in [9.17, 15) is 0 Å². The molecule has 0 aromatic carbocycles. The van der Waals surface area contributed by atoms with Gasteiger partial charge in [0.2, 0.25) is 0 Å². The summed E-state index contributed by atoms with van der Waals surface area (Å²) in [4.78, 5) is 0. The normalized spacial score (nSPS) is 21.3. The molecule has 1 aliphatic heterocycles. The minimum Gasteiger partial charge on any atom is -0.313 e. The zero-order chi connectivity index (χ0) is 5.28. The number of hydrogen-bond acceptors (Lipinski definition) is 3. The average molecular weight is 133 g/mol. The van der Waals surface area contributed by atoms with Crippen LogP contribution in [0.5, 0.6) is 0 Å². The number of hydrogen-bond donors (Lipinski definition) is 1. The highest BCUT2D eigenvalue weighted by Gasteiger charge is 2.09. The van der Waals surface area contributed by atoms with Crippen molar-refractivity contribution in [1.82, 2.24) is 4.31 Å². The predicted octanol–water partition coefficient (Wildman–Crippen LogP) is 1.35. The van der Waals surface area contributed by atoms with Crippen LogP contribution in [-0.4, -0.2) is 16.6 Å². The molecule has 0 radical (unpaired) electrons. The maximum Gasteiger partial charge on any atom is 0.0733 e. The van der Waals surface area contributed by atoms with Gasteiger partial charge in [0.25, 0.3) is 0 Å². The molecule has 0 N–H and O–H groups in total. The Balaban J connectivity index is 2.48. The van der Waals surface area contributed by atoms with Gasteiger partial charge in [0.05, 0.1) is 5.03 Å². The quantitative estimate of drug-likeness (QED) is 0.497. The Labute approximate surface area is 53.3 Å². The average Bonchev–Trinajstić information content (AvgIpc) is 1.91. The molecule has 0 unspecified atom stereocenters. The molecule has 0 aromatic rings. The smallest absolute Gasteiger partial charge is 0.0733 e. The van der Waals surface area contributed by atoms with Crippen molar-refractivity contribution in [2.45, 2.75) is 0 Å². The van der Waals surface area contributed by atoms with Gasteiger partial charge in [-0.05, 0) is 0 Å². The number of thioether (sulfide) groups is 1. The molecule has 3 heteroatoms. The standard InChI is InChI=1S/C4H7NS2/c1-4-5(6)2-3-7-4/h6H,1-3H2. The van der Waals surface area contributed by atoms with Crippen LogP contribution in [0.2, 0.25) is 0 Å². The monoisotopic (exact) mass is 133 g/mol. The third-order valence-corrected chi connectivity index (χ3v) is 2.38. The summed E-state index contributed by atoms with van der Waals surface area (Å²) in [6, 6.07) is 0. The Morgan fingerprint density at radius 1 is 1.86 bits per heavy atom. The minimum absolute atomic E-state index is 1.03. The van der Waals surface area contributed by atoms with E-state index in [1.807, 2.05) is 4.31 Å². The zero-order valence-electron chi connectivity index (χ0n) is 3.92. The van der Waals surface area contributed by atoms with Crippen molar-refractivity contribution in [3.05, 3.63) is 11.6 Å².